The summed E-state index contributed by atoms with van der Waals surface area (Å²) in [5.41, 5.74) is 8.35. The first-order chi connectivity index (χ1) is 9.17. The molecule has 0 saturated carbocycles. The van der Waals surface area contributed by atoms with E-state index >= 15 is 0 Å². The second-order valence-corrected chi connectivity index (χ2v) is 6.06. The van der Waals surface area contributed by atoms with Gasteiger partial charge in [0.15, 0.2) is 0 Å². The van der Waals surface area contributed by atoms with Gasteiger partial charge in [0.25, 0.3) is 0 Å². The van der Waals surface area contributed by atoms with Gasteiger partial charge in [0.05, 0.1) is 17.1 Å². The summed E-state index contributed by atoms with van der Waals surface area (Å²) in [5.74, 6) is 2.03. The largest absolute Gasteiger partial charge is 0.327 e. The summed E-state index contributed by atoms with van der Waals surface area (Å²) in [4.78, 5) is 4.69. The van der Waals surface area contributed by atoms with Crippen molar-refractivity contribution in [2.24, 2.45) is 5.73 Å². The van der Waals surface area contributed by atoms with Crippen molar-refractivity contribution in [3.63, 3.8) is 0 Å². The molecule has 3 nitrogen and oxygen atoms in total. The van der Waals surface area contributed by atoms with Crippen molar-refractivity contribution in [1.82, 2.24) is 9.55 Å². The van der Waals surface area contributed by atoms with E-state index in [1.807, 2.05) is 30.0 Å². The number of nitrogens with two attached hydrogens (primary N) is 1. The number of halogens is 1. The fourth-order valence-electron chi connectivity index (χ4n) is 2.24. The molecule has 0 aliphatic heterocycles. The predicted octanol–water partition coefficient (Wildman–Crippen LogP) is 3.85. The van der Waals surface area contributed by atoms with Gasteiger partial charge in [-0.25, -0.2) is 4.98 Å². The Labute approximate surface area is 123 Å². The number of imidazole rings is 1. The minimum atomic E-state index is -0.00910. The quantitative estimate of drug-likeness (QED) is 0.880. The Hall–Kier alpha value is -0.710. The highest BCUT2D eigenvalue weighted by Crippen LogP contribution is 2.25. The molecule has 0 bridgehead atoms. The Morgan fingerprint density at radius 2 is 2.26 bits per heavy atom. The van der Waals surface area contributed by atoms with Gasteiger partial charge in [-0.15, -0.1) is 0 Å². The lowest BCUT2D eigenvalue weighted by Crippen LogP contribution is -2.17. The third-order valence-electron chi connectivity index (χ3n) is 3.15. The maximum atomic E-state index is 6.28. The Balaban J connectivity index is 2.43. The topological polar surface area (TPSA) is 43.8 Å². The van der Waals surface area contributed by atoms with E-state index in [4.69, 9.17) is 17.3 Å². The monoisotopic (exact) mass is 297 g/mol. The van der Waals surface area contributed by atoms with E-state index in [2.05, 4.69) is 22.7 Å². The molecular formula is C14H20ClN3S. The molecule has 0 saturated heterocycles. The average molecular weight is 298 g/mol. The SMILES string of the molecule is CCCn1c(C(N)CCSC)nc2cc(Cl)ccc21. The molecule has 0 spiro atoms. The summed E-state index contributed by atoms with van der Waals surface area (Å²) in [6, 6.07) is 5.85. The minimum absolute atomic E-state index is 0.00910. The van der Waals surface area contributed by atoms with Gasteiger partial charge in [0, 0.05) is 11.6 Å². The van der Waals surface area contributed by atoms with Crippen molar-refractivity contribution in [3.8, 4) is 0 Å². The average Bonchev–Trinajstić information content (AvgIpc) is 2.74. The molecule has 19 heavy (non-hydrogen) atoms. The lowest BCUT2D eigenvalue weighted by Gasteiger charge is -2.13. The lowest BCUT2D eigenvalue weighted by molar-refractivity contribution is 0.578. The summed E-state index contributed by atoms with van der Waals surface area (Å²) >= 11 is 7.85. The van der Waals surface area contributed by atoms with Crippen LogP contribution in [0.2, 0.25) is 5.02 Å². The highest BCUT2D eigenvalue weighted by Gasteiger charge is 2.16. The van der Waals surface area contributed by atoms with Crippen LogP contribution in [0.5, 0.6) is 0 Å². The second-order valence-electron chi connectivity index (χ2n) is 4.64. The zero-order valence-electron chi connectivity index (χ0n) is 11.4. The first-order valence-corrected chi connectivity index (χ1v) is 8.34. The first kappa shape index (κ1) is 14.7. The van der Waals surface area contributed by atoms with Crippen LogP contribution in [0.25, 0.3) is 11.0 Å². The first-order valence-electron chi connectivity index (χ1n) is 6.57. The summed E-state index contributed by atoms with van der Waals surface area (Å²) < 4.78 is 2.23. The highest BCUT2D eigenvalue weighted by molar-refractivity contribution is 7.98. The standard InChI is InChI=1S/C14H20ClN3S/c1-3-7-18-13-5-4-10(15)9-12(13)17-14(18)11(16)6-8-19-2/h4-5,9,11H,3,6-8,16H2,1-2H3. The maximum absolute atomic E-state index is 6.28. The molecule has 1 heterocycles. The number of nitrogens with zero attached hydrogens (tertiary/aromatic N) is 2. The molecule has 2 rings (SSSR count). The Kier molecular flexibility index (Phi) is 5.13. The number of hydrogen-bond donors (Lipinski definition) is 1. The van der Waals surface area contributed by atoms with E-state index in [1.165, 1.54) is 0 Å². The lowest BCUT2D eigenvalue weighted by atomic mass is 10.2. The van der Waals surface area contributed by atoms with E-state index in [0.29, 0.717) is 0 Å². The number of thioether (sulfide) groups is 1. The van der Waals surface area contributed by atoms with Gasteiger partial charge in [-0.2, -0.15) is 11.8 Å². The molecule has 1 aromatic heterocycles. The second kappa shape index (κ2) is 6.64. The van der Waals surface area contributed by atoms with E-state index in [-0.39, 0.29) is 6.04 Å². The summed E-state index contributed by atoms with van der Waals surface area (Å²) in [5, 5.41) is 0.720. The van der Waals surface area contributed by atoms with Gasteiger partial charge in [0.1, 0.15) is 5.82 Å². The van der Waals surface area contributed by atoms with Crippen molar-refractivity contribution in [2.75, 3.05) is 12.0 Å². The summed E-state index contributed by atoms with van der Waals surface area (Å²) in [7, 11) is 0. The van der Waals surface area contributed by atoms with Crippen LogP contribution in [-0.4, -0.2) is 21.6 Å². The van der Waals surface area contributed by atoms with Crippen molar-refractivity contribution in [3.05, 3.63) is 29.0 Å². The minimum Gasteiger partial charge on any atom is -0.327 e. The van der Waals surface area contributed by atoms with Crippen LogP contribution in [-0.2, 0) is 6.54 Å². The van der Waals surface area contributed by atoms with Gasteiger partial charge in [0.2, 0.25) is 0 Å². The van der Waals surface area contributed by atoms with Crippen molar-refractivity contribution < 1.29 is 0 Å². The number of aryl methyl sites for hydroxylation is 1. The molecular weight excluding hydrogens is 278 g/mol. The Morgan fingerprint density at radius 1 is 1.47 bits per heavy atom. The van der Waals surface area contributed by atoms with E-state index in [0.717, 1.165) is 47.0 Å². The molecule has 2 N–H and O–H groups in total. The van der Waals surface area contributed by atoms with Gasteiger partial charge < -0.3 is 10.3 Å². The summed E-state index contributed by atoms with van der Waals surface area (Å²) in [6.45, 7) is 3.11. The molecule has 0 aliphatic carbocycles. The number of fused-ring (bicyclic) bond motifs is 1. The van der Waals surface area contributed by atoms with Gasteiger partial charge in [-0.05, 0) is 43.0 Å². The molecule has 5 heteroatoms. The van der Waals surface area contributed by atoms with Gasteiger partial charge in [-0.3, -0.25) is 0 Å². The highest BCUT2D eigenvalue weighted by atomic mass is 35.5. The van der Waals surface area contributed by atoms with Crippen LogP contribution >= 0.6 is 23.4 Å². The molecule has 0 aliphatic rings. The molecule has 1 unspecified atom stereocenters. The third kappa shape index (κ3) is 3.25. The third-order valence-corrected chi connectivity index (χ3v) is 4.03. The van der Waals surface area contributed by atoms with Crippen LogP contribution < -0.4 is 5.73 Å². The number of hydrogen-bond acceptors (Lipinski definition) is 3. The van der Waals surface area contributed by atoms with Crippen LogP contribution in [0.3, 0.4) is 0 Å². The van der Waals surface area contributed by atoms with Gasteiger partial charge >= 0.3 is 0 Å². The van der Waals surface area contributed by atoms with Crippen LogP contribution in [0.4, 0.5) is 0 Å². The smallest absolute Gasteiger partial charge is 0.126 e. The maximum Gasteiger partial charge on any atom is 0.126 e. The molecule has 0 amide bonds. The van der Waals surface area contributed by atoms with Crippen LogP contribution in [0.15, 0.2) is 18.2 Å². The molecule has 0 fully saturated rings. The Morgan fingerprint density at radius 3 is 2.95 bits per heavy atom. The molecule has 104 valence electrons. The normalized spacial score (nSPS) is 13.1. The molecule has 1 atom stereocenters. The fourth-order valence-corrected chi connectivity index (χ4v) is 2.89. The van der Waals surface area contributed by atoms with Gasteiger partial charge in [-0.1, -0.05) is 18.5 Å². The molecule has 1 aromatic carbocycles. The number of aromatic nitrogens is 2. The number of benzene rings is 1. The zero-order chi connectivity index (χ0) is 13.8. The van der Waals surface area contributed by atoms with Crippen molar-refractivity contribution in [1.29, 1.82) is 0 Å². The van der Waals surface area contributed by atoms with E-state index in [1.54, 1.807) is 0 Å². The fraction of sp³-hybridized carbons (Fsp3) is 0.500. The van der Waals surface area contributed by atoms with Crippen molar-refractivity contribution in [2.45, 2.75) is 32.4 Å². The van der Waals surface area contributed by atoms with Crippen molar-refractivity contribution >= 4 is 34.4 Å². The Bertz CT molecular complexity index is 553. The predicted molar refractivity (Wildman–Crippen MR) is 85.0 cm³/mol. The van der Waals surface area contributed by atoms with E-state index < -0.39 is 0 Å². The molecule has 2 aromatic rings. The molecule has 0 radical (unpaired) electrons. The van der Waals surface area contributed by atoms with E-state index in [9.17, 15) is 0 Å². The van der Waals surface area contributed by atoms with Crippen LogP contribution in [0.1, 0.15) is 31.6 Å². The summed E-state index contributed by atoms with van der Waals surface area (Å²) in [6.07, 6.45) is 4.11. The zero-order valence-corrected chi connectivity index (χ0v) is 13.0. The van der Waals surface area contributed by atoms with Crippen LogP contribution in [0, 0.1) is 0 Å². The number of rotatable bonds is 6.